The Bertz CT molecular complexity index is 637. The molecule has 96 valence electrons. The van der Waals surface area contributed by atoms with E-state index in [0.717, 1.165) is 11.2 Å². The van der Waals surface area contributed by atoms with Crippen LogP contribution in [0, 0.1) is 0 Å². The van der Waals surface area contributed by atoms with E-state index in [1.54, 1.807) is 23.9 Å². The fourth-order valence-electron chi connectivity index (χ4n) is 2.41. The molecule has 0 heterocycles. The molecule has 0 aromatic heterocycles. The summed E-state index contributed by atoms with van der Waals surface area (Å²) in [5.74, 6) is 0. The number of hydrogen-bond acceptors (Lipinski definition) is 2. The molecule has 2 aromatic carbocycles. The van der Waals surface area contributed by atoms with Gasteiger partial charge in [0.15, 0.2) is 0 Å². The lowest BCUT2D eigenvalue weighted by molar-refractivity contribution is 0.112. The van der Waals surface area contributed by atoms with Crippen molar-refractivity contribution in [2.45, 2.75) is 29.1 Å². The molecule has 2 aromatic rings. The van der Waals surface area contributed by atoms with Gasteiger partial charge in [0.05, 0.1) is 5.02 Å². The van der Waals surface area contributed by atoms with E-state index in [4.69, 9.17) is 11.6 Å². The van der Waals surface area contributed by atoms with Crippen LogP contribution in [0.15, 0.2) is 46.2 Å². The monoisotopic (exact) mass is 288 g/mol. The minimum Gasteiger partial charge on any atom is -0.298 e. The third kappa shape index (κ3) is 2.70. The first-order valence-electron chi connectivity index (χ1n) is 6.30. The number of carbonyl (C=O) groups excluding carboxylic acids is 1. The van der Waals surface area contributed by atoms with E-state index in [-0.39, 0.29) is 0 Å². The van der Waals surface area contributed by atoms with Crippen LogP contribution in [0.4, 0.5) is 0 Å². The molecule has 0 saturated heterocycles. The predicted molar refractivity (Wildman–Crippen MR) is 79.4 cm³/mol. The molecule has 0 amide bonds. The maximum atomic E-state index is 10.7. The van der Waals surface area contributed by atoms with Crippen molar-refractivity contribution in [3.63, 3.8) is 0 Å². The molecule has 3 heteroatoms. The van der Waals surface area contributed by atoms with Crippen molar-refractivity contribution in [2.75, 3.05) is 0 Å². The van der Waals surface area contributed by atoms with Crippen LogP contribution in [0.25, 0.3) is 0 Å². The second kappa shape index (κ2) is 5.40. The summed E-state index contributed by atoms with van der Waals surface area (Å²) in [7, 11) is 0. The van der Waals surface area contributed by atoms with Crippen molar-refractivity contribution in [3.05, 3.63) is 58.1 Å². The van der Waals surface area contributed by atoms with Crippen molar-refractivity contribution >= 4 is 29.6 Å². The molecule has 0 atom stereocenters. The van der Waals surface area contributed by atoms with E-state index in [0.29, 0.717) is 10.6 Å². The van der Waals surface area contributed by atoms with E-state index in [1.165, 1.54) is 35.3 Å². The Labute approximate surface area is 122 Å². The zero-order valence-electron chi connectivity index (χ0n) is 10.4. The molecule has 0 saturated carbocycles. The largest absolute Gasteiger partial charge is 0.298 e. The summed E-state index contributed by atoms with van der Waals surface area (Å²) in [5, 5.41) is 0.634. The molecule has 1 nitrogen and oxygen atoms in total. The van der Waals surface area contributed by atoms with Gasteiger partial charge in [0.25, 0.3) is 0 Å². The Balaban J connectivity index is 1.87. The van der Waals surface area contributed by atoms with Gasteiger partial charge >= 0.3 is 0 Å². The first kappa shape index (κ1) is 12.8. The standard InChI is InChI=1S/C16H13ClOS/c17-15-8-11(10-18)4-7-16(15)19-14-6-5-12-2-1-3-13(12)9-14/h4-10H,1-3H2. The smallest absolute Gasteiger partial charge is 0.150 e. The lowest BCUT2D eigenvalue weighted by atomic mass is 10.1. The number of hydrogen-bond donors (Lipinski definition) is 0. The van der Waals surface area contributed by atoms with Gasteiger partial charge in [0, 0.05) is 15.4 Å². The molecule has 3 rings (SSSR count). The van der Waals surface area contributed by atoms with E-state index >= 15 is 0 Å². The molecular weight excluding hydrogens is 276 g/mol. The summed E-state index contributed by atoms with van der Waals surface area (Å²) in [4.78, 5) is 12.9. The van der Waals surface area contributed by atoms with Crippen LogP contribution in [0.3, 0.4) is 0 Å². The molecule has 1 aliphatic carbocycles. The van der Waals surface area contributed by atoms with Crippen molar-refractivity contribution in [1.29, 1.82) is 0 Å². The second-order valence-electron chi connectivity index (χ2n) is 4.69. The normalized spacial score (nSPS) is 13.3. The fourth-order valence-corrected chi connectivity index (χ4v) is 3.60. The summed E-state index contributed by atoms with van der Waals surface area (Å²) in [6, 6.07) is 12.1. The van der Waals surface area contributed by atoms with E-state index < -0.39 is 0 Å². The number of aryl methyl sites for hydroxylation is 2. The lowest BCUT2D eigenvalue weighted by Gasteiger charge is -2.07. The molecule has 0 unspecified atom stereocenters. The van der Waals surface area contributed by atoms with Crippen molar-refractivity contribution in [1.82, 2.24) is 0 Å². The zero-order chi connectivity index (χ0) is 13.2. The highest BCUT2D eigenvalue weighted by Crippen LogP contribution is 2.35. The quantitative estimate of drug-likeness (QED) is 0.755. The molecule has 0 N–H and O–H groups in total. The van der Waals surface area contributed by atoms with Crippen molar-refractivity contribution in [3.8, 4) is 0 Å². The molecule has 0 fully saturated rings. The average Bonchev–Trinajstić information content (AvgIpc) is 2.88. The Hall–Kier alpha value is -1.25. The number of halogens is 1. The van der Waals surface area contributed by atoms with Gasteiger partial charge in [-0.25, -0.2) is 0 Å². The number of carbonyl (C=O) groups is 1. The van der Waals surface area contributed by atoms with Crippen LogP contribution in [0.2, 0.25) is 5.02 Å². The number of rotatable bonds is 3. The first-order valence-corrected chi connectivity index (χ1v) is 7.50. The van der Waals surface area contributed by atoms with E-state index in [2.05, 4.69) is 18.2 Å². The third-order valence-corrected chi connectivity index (χ3v) is 4.88. The maximum absolute atomic E-state index is 10.7. The fraction of sp³-hybridized carbons (Fsp3) is 0.188. The van der Waals surface area contributed by atoms with Gasteiger partial charge in [-0.1, -0.05) is 35.5 Å². The van der Waals surface area contributed by atoms with Gasteiger partial charge in [-0.2, -0.15) is 0 Å². The van der Waals surface area contributed by atoms with Gasteiger partial charge in [-0.3, -0.25) is 4.79 Å². The Morgan fingerprint density at radius 1 is 1.05 bits per heavy atom. The summed E-state index contributed by atoms with van der Waals surface area (Å²) in [6.07, 6.45) is 4.46. The highest BCUT2D eigenvalue weighted by molar-refractivity contribution is 7.99. The Kier molecular flexibility index (Phi) is 3.63. The van der Waals surface area contributed by atoms with Gasteiger partial charge in [0.2, 0.25) is 0 Å². The number of aldehydes is 1. The summed E-state index contributed by atoms with van der Waals surface area (Å²) >= 11 is 7.85. The van der Waals surface area contributed by atoms with E-state index in [1.807, 2.05) is 6.07 Å². The Morgan fingerprint density at radius 3 is 2.68 bits per heavy atom. The molecule has 0 radical (unpaired) electrons. The van der Waals surface area contributed by atoms with Crippen LogP contribution in [0.5, 0.6) is 0 Å². The topological polar surface area (TPSA) is 17.1 Å². The van der Waals surface area contributed by atoms with Crippen LogP contribution in [-0.2, 0) is 12.8 Å². The molecule has 0 spiro atoms. The highest BCUT2D eigenvalue weighted by Gasteiger charge is 2.12. The summed E-state index contributed by atoms with van der Waals surface area (Å²) < 4.78 is 0. The van der Waals surface area contributed by atoms with Gasteiger partial charge in [-0.15, -0.1) is 0 Å². The van der Waals surface area contributed by atoms with Crippen molar-refractivity contribution < 1.29 is 4.79 Å². The van der Waals surface area contributed by atoms with Gasteiger partial charge < -0.3 is 0 Å². The highest BCUT2D eigenvalue weighted by atomic mass is 35.5. The summed E-state index contributed by atoms with van der Waals surface area (Å²) in [6.45, 7) is 0. The molecule has 0 bridgehead atoms. The van der Waals surface area contributed by atoms with Crippen LogP contribution in [0.1, 0.15) is 27.9 Å². The number of fused-ring (bicyclic) bond motifs is 1. The first-order chi connectivity index (χ1) is 9.26. The van der Waals surface area contributed by atoms with Gasteiger partial charge in [0.1, 0.15) is 6.29 Å². The second-order valence-corrected chi connectivity index (χ2v) is 6.22. The third-order valence-electron chi connectivity index (χ3n) is 3.39. The molecule has 0 aliphatic heterocycles. The Morgan fingerprint density at radius 2 is 1.89 bits per heavy atom. The average molecular weight is 289 g/mol. The molecular formula is C16H13ClOS. The molecule has 1 aliphatic rings. The van der Waals surface area contributed by atoms with Gasteiger partial charge in [-0.05, 0) is 54.7 Å². The molecule has 19 heavy (non-hydrogen) atoms. The van der Waals surface area contributed by atoms with Crippen LogP contribution in [-0.4, -0.2) is 6.29 Å². The number of benzene rings is 2. The van der Waals surface area contributed by atoms with Crippen LogP contribution >= 0.6 is 23.4 Å². The minimum atomic E-state index is 0.614. The van der Waals surface area contributed by atoms with E-state index in [9.17, 15) is 4.79 Å². The minimum absolute atomic E-state index is 0.614. The lowest BCUT2D eigenvalue weighted by Crippen LogP contribution is -1.84. The maximum Gasteiger partial charge on any atom is 0.150 e. The van der Waals surface area contributed by atoms with Crippen molar-refractivity contribution in [2.24, 2.45) is 0 Å². The predicted octanol–water partition coefficient (Wildman–Crippen LogP) is 4.79. The zero-order valence-corrected chi connectivity index (χ0v) is 11.9. The SMILES string of the molecule is O=Cc1ccc(Sc2ccc3c(c2)CCC3)c(Cl)c1. The van der Waals surface area contributed by atoms with Crippen LogP contribution < -0.4 is 0 Å². The summed E-state index contributed by atoms with van der Waals surface area (Å²) in [5.41, 5.74) is 3.56.